The van der Waals surface area contributed by atoms with Crippen LogP contribution in [0.15, 0.2) is 6.07 Å². The van der Waals surface area contributed by atoms with E-state index >= 15 is 0 Å². The van der Waals surface area contributed by atoms with Gasteiger partial charge in [0.05, 0.1) is 21.3 Å². The average Bonchev–Trinajstić information content (AvgIpc) is 2.65. The van der Waals surface area contributed by atoms with Gasteiger partial charge in [-0.15, -0.1) is 0 Å². The summed E-state index contributed by atoms with van der Waals surface area (Å²) in [6, 6.07) is 2.48. The first-order valence-electron chi connectivity index (χ1n) is 8.72. The Balaban J connectivity index is 1.95. The number of fused-ring (bicyclic) bond motifs is 1. The Labute approximate surface area is 144 Å². The largest absolute Gasteiger partial charge is 0.493 e. The zero-order valence-electron chi connectivity index (χ0n) is 15.2. The first kappa shape index (κ1) is 17.3. The summed E-state index contributed by atoms with van der Waals surface area (Å²) in [5.41, 5.74) is 2.48. The molecule has 1 aromatic carbocycles. The van der Waals surface area contributed by atoms with Gasteiger partial charge in [-0.05, 0) is 18.2 Å². The van der Waals surface area contributed by atoms with E-state index in [-0.39, 0.29) is 0 Å². The monoisotopic (exact) mass is 335 g/mol. The van der Waals surface area contributed by atoms with Gasteiger partial charge in [-0.2, -0.15) is 0 Å². The predicted octanol–water partition coefficient (Wildman–Crippen LogP) is 1.49. The van der Waals surface area contributed by atoms with Crippen molar-refractivity contribution in [3.05, 3.63) is 17.2 Å². The van der Waals surface area contributed by atoms with Crippen molar-refractivity contribution in [1.29, 1.82) is 0 Å². The Kier molecular flexibility index (Phi) is 5.48. The number of piperazine rings is 1. The van der Waals surface area contributed by atoms with Crippen LogP contribution in [0.2, 0.25) is 0 Å². The van der Waals surface area contributed by atoms with Crippen LogP contribution in [0, 0.1) is 0 Å². The van der Waals surface area contributed by atoms with Gasteiger partial charge in [-0.1, -0.05) is 6.92 Å². The average molecular weight is 335 g/mol. The number of benzene rings is 1. The maximum Gasteiger partial charge on any atom is 0.203 e. The van der Waals surface area contributed by atoms with Crippen molar-refractivity contribution in [2.75, 3.05) is 60.6 Å². The molecule has 1 fully saturated rings. The number of nitrogens with one attached hydrogen (secondary N) is 1. The summed E-state index contributed by atoms with van der Waals surface area (Å²) in [6.45, 7) is 9.56. The fraction of sp³-hybridized carbons (Fsp3) is 0.667. The smallest absolute Gasteiger partial charge is 0.203 e. The van der Waals surface area contributed by atoms with Gasteiger partial charge in [0.15, 0.2) is 11.5 Å². The minimum Gasteiger partial charge on any atom is -0.493 e. The number of nitrogens with zero attached hydrogens (tertiary/aromatic N) is 2. The first-order valence-corrected chi connectivity index (χ1v) is 8.72. The maximum atomic E-state index is 5.68. The molecule has 3 rings (SSSR count). The lowest BCUT2D eigenvalue weighted by Gasteiger charge is -2.41. The van der Waals surface area contributed by atoms with E-state index in [2.05, 4.69) is 28.1 Å². The third kappa shape index (κ3) is 3.06. The number of methoxy groups -OCH3 is 3. The van der Waals surface area contributed by atoms with Crippen LogP contribution >= 0.6 is 0 Å². The molecule has 0 bridgehead atoms. The molecule has 1 atom stereocenters. The quantitative estimate of drug-likeness (QED) is 0.880. The third-order valence-corrected chi connectivity index (χ3v) is 5.26. The Morgan fingerprint density at radius 2 is 1.75 bits per heavy atom. The van der Waals surface area contributed by atoms with Gasteiger partial charge < -0.3 is 24.4 Å². The van der Waals surface area contributed by atoms with Gasteiger partial charge in [-0.25, -0.2) is 0 Å². The van der Waals surface area contributed by atoms with Gasteiger partial charge in [0.25, 0.3) is 0 Å². The van der Waals surface area contributed by atoms with Crippen molar-refractivity contribution < 1.29 is 14.2 Å². The summed E-state index contributed by atoms with van der Waals surface area (Å²) in [5.74, 6) is 2.21. The van der Waals surface area contributed by atoms with Gasteiger partial charge in [0.1, 0.15) is 0 Å². The summed E-state index contributed by atoms with van der Waals surface area (Å²) in [6.07, 6.45) is 0. The van der Waals surface area contributed by atoms with Crippen molar-refractivity contribution in [2.45, 2.75) is 19.5 Å². The van der Waals surface area contributed by atoms with Crippen LogP contribution in [0.3, 0.4) is 0 Å². The molecule has 0 radical (unpaired) electrons. The van der Waals surface area contributed by atoms with Gasteiger partial charge in [-0.3, -0.25) is 4.90 Å². The second kappa shape index (κ2) is 7.59. The van der Waals surface area contributed by atoms with Gasteiger partial charge in [0, 0.05) is 50.9 Å². The summed E-state index contributed by atoms with van der Waals surface area (Å²) in [7, 11) is 5.03. The van der Waals surface area contributed by atoms with E-state index in [0.717, 1.165) is 57.3 Å². The SMILES string of the molecule is CCN1CCN([C@@H]2CNCc3c2cc(OC)c(OC)c3OC)CC1. The Hall–Kier alpha value is -1.50. The van der Waals surface area contributed by atoms with Crippen molar-refractivity contribution >= 4 is 0 Å². The first-order chi connectivity index (χ1) is 11.7. The van der Waals surface area contributed by atoms with E-state index in [9.17, 15) is 0 Å². The summed E-state index contributed by atoms with van der Waals surface area (Å²) < 4.78 is 16.8. The fourth-order valence-corrected chi connectivity index (χ4v) is 3.88. The Morgan fingerprint density at radius 1 is 1.04 bits per heavy atom. The molecule has 0 amide bonds. The second-order valence-electron chi connectivity index (χ2n) is 6.33. The third-order valence-electron chi connectivity index (χ3n) is 5.26. The summed E-state index contributed by atoms with van der Waals surface area (Å²) in [5, 5.41) is 3.55. The number of hydrogen-bond acceptors (Lipinski definition) is 6. The normalized spacial score (nSPS) is 22.1. The summed E-state index contributed by atoms with van der Waals surface area (Å²) in [4.78, 5) is 5.07. The fourth-order valence-electron chi connectivity index (χ4n) is 3.88. The minimum atomic E-state index is 0.349. The number of ether oxygens (including phenoxy) is 3. The van der Waals surface area contributed by atoms with Crippen LogP contribution in [0.5, 0.6) is 17.2 Å². The molecule has 0 aromatic heterocycles. The number of hydrogen-bond donors (Lipinski definition) is 1. The summed E-state index contributed by atoms with van der Waals surface area (Å²) >= 11 is 0. The molecule has 24 heavy (non-hydrogen) atoms. The topological polar surface area (TPSA) is 46.2 Å². The number of rotatable bonds is 5. The molecule has 134 valence electrons. The van der Waals surface area contributed by atoms with Crippen molar-refractivity contribution in [3.63, 3.8) is 0 Å². The Morgan fingerprint density at radius 3 is 2.33 bits per heavy atom. The molecule has 1 saturated heterocycles. The van der Waals surface area contributed by atoms with E-state index in [4.69, 9.17) is 14.2 Å². The molecule has 0 spiro atoms. The highest BCUT2D eigenvalue weighted by Crippen LogP contribution is 2.45. The lowest BCUT2D eigenvalue weighted by molar-refractivity contribution is 0.0944. The molecule has 0 aliphatic carbocycles. The lowest BCUT2D eigenvalue weighted by Crippen LogP contribution is -2.50. The van der Waals surface area contributed by atoms with Gasteiger partial charge in [0.2, 0.25) is 5.75 Å². The van der Waals surface area contributed by atoms with Gasteiger partial charge >= 0.3 is 0 Å². The van der Waals surface area contributed by atoms with E-state index in [1.165, 1.54) is 11.1 Å². The zero-order chi connectivity index (χ0) is 17.1. The molecule has 0 unspecified atom stereocenters. The van der Waals surface area contributed by atoms with E-state index in [1.807, 2.05) is 0 Å². The molecular formula is C18H29N3O3. The standard InChI is InChI=1S/C18H29N3O3/c1-5-20-6-8-21(9-7-20)15-12-19-11-14-13(15)10-16(22-2)18(24-4)17(14)23-3/h10,15,19H,5-9,11-12H2,1-4H3/t15-/m1/s1. The van der Waals surface area contributed by atoms with Crippen LogP contribution < -0.4 is 19.5 Å². The second-order valence-corrected chi connectivity index (χ2v) is 6.33. The molecule has 1 aromatic rings. The van der Waals surface area contributed by atoms with Crippen LogP contribution in [0.1, 0.15) is 24.1 Å². The van der Waals surface area contributed by atoms with E-state index < -0.39 is 0 Å². The van der Waals surface area contributed by atoms with E-state index in [0.29, 0.717) is 11.8 Å². The molecule has 1 N–H and O–H groups in total. The zero-order valence-corrected chi connectivity index (χ0v) is 15.2. The molecule has 6 nitrogen and oxygen atoms in total. The van der Waals surface area contributed by atoms with Crippen molar-refractivity contribution in [3.8, 4) is 17.2 Å². The highest BCUT2D eigenvalue weighted by atomic mass is 16.5. The molecule has 0 saturated carbocycles. The highest BCUT2D eigenvalue weighted by molar-refractivity contribution is 5.60. The lowest BCUT2D eigenvalue weighted by atomic mass is 9.93. The van der Waals surface area contributed by atoms with Crippen LogP contribution in [-0.2, 0) is 6.54 Å². The molecule has 2 aliphatic rings. The number of likely N-dealkylation sites (N-methyl/N-ethyl adjacent to an activating group) is 1. The maximum absolute atomic E-state index is 5.68. The molecule has 2 aliphatic heterocycles. The molecule has 6 heteroatoms. The van der Waals surface area contributed by atoms with Crippen LogP contribution in [0.25, 0.3) is 0 Å². The van der Waals surface area contributed by atoms with E-state index in [1.54, 1.807) is 21.3 Å². The highest BCUT2D eigenvalue weighted by Gasteiger charge is 2.32. The minimum absolute atomic E-state index is 0.349. The molecular weight excluding hydrogens is 306 g/mol. The predicted molar refractivity (Wildman–Crippen MR) is 94.2 cm³/mol. The van der Waals surface area contributed by atoms with Crippen molar-refractivity contribution in [2.24, 2.45) is 0 Å². The van der Waals surface area contributed by atoms with Crippen LogP contribution in [-0.4, -0.2) is 70.4 Å². The van der Waals surface area contributed by atoms with Crippen molar-refractivity contribution in [1.82, 2.24) is 15.1 Å². The van der Waals surface area contributed by atoms with Crippen LogP contribution in [0.4, 0.5) is 0 Å². The Bertz CT molecular complexity index is 571. The molecule has 2 heterocycles.